The maximum atomic E-state index is 13.2. The molecule has 0 fully saturated rings. The minimum atomic E-state index is -0.474. The van der Waals surface area contributed by atoms with Crippen LogP contribution in [0.25, 0.3) is 0 Å². The standard InChI is InChI=1S/C20H18FN3O3/c21-14-6-8-16(9-7-14)24-17(12-25)11-23-19(20(24)26)10-15(22-23)13-27-18-4-2-1-3-5-18/h1-10,17,25H,11-13H2/t17-/m0/s1. The number of carbonyl (C=O) groups excluding carboxylic acids is 1. The lowest BCUT2D eigenvalue weighted by Gasteiger charge is -2.34. The molecule has 138 valence electrons. The average Bonchev–Trinajstić information content (AvgIpc) is 3.11. The largest absolute Gasteiger partial charge is 0.487 e. The van der Waals surface area contributed by atoms with Gasteiger partial charge in [-0.05, 0) is 42.5 Å². The number of aromatic nitrogens is 2. The van der Waals surface area contributed by atoms with Crippen molar-refractivity contribution in [3.63, 3.8) is 0 Å². The zero-order chi connectivity index (χ0) is 18.8. The lowest BCUT2D eigenvalue weighted by Crippen LogP contribution is -2.50. The average molecular weight is 367 g/mol. The topological polar surface area (TPSA) is 67.6 Å². The minimum absolute atomic E-state index is 0.224. The van der Waals surface area contributed by atoms with E-state index in [-0.39, 0.29) is 24.9 Å². The third-order valence-electron chi connectivity index (χ3n) is 4.46. The van der Waals surface area contributed by atoms with E-state index in [1.165, 1.54) is 29.2 Å². The van der Waals surface area contributed by atoms with Gasteiger partial charge < -0.3 is 9.84 Å². The molecule has 0 radical (unpaired) electrons. The van der Waals surface area contributed by atoms with Crippen LogP contribution in [-0.4, -0.2) is 33.4 Å². The van der Waals surface area contributed by atoms with Crippen LogP contribution < -0.4 is 9.64 Å². The first-order valence-corrected chi connectivity index (χ1v) is 8.60. The maximum Gasteiger partial charge on any atom is 0.276 e. The summed E-state index contributed by atoms with van der Waals surface area (Å²) in [5, 5.41) is 14.2. The van der Waals surface area contributed by atoms with Crippen LogP contribution in [-0.2, 0) is 13.2 Å². The maximum absolute atomic E-state index is 13.2. The molecule has 6 nitrogen and oxygen atoms in total. The first-order valence-electron chi connectivity index (χ1n) is 8.60. The number of para-hydroxylation sites is 1. The van der Waals surface area contributed by atoms with Gasteiger partial charge in [-0.2, -0.15) is 5.10 Å². The van der Waals surface area contributed by atoms with Gasteiger partial charge in [0, 0.05) is 5.69 Å². The first kappa shape index (κ1) is 17.2. The zero-order valence-electron chi connectivity index (χ0n) is 14.5. The number of anilines is 1. The molecule has 0 spiro atoms. The van der Waals surface area contributed by atoms with Crippen LogP contribution in [0.1, 0.15) is 16.2 Å². The molecule has 1 aliphatic heterocycles. The van der Waals surface area contributed by atoms with Gasteiger partial charge in [0.15, 0.2) is 0 Å². The molecule has 0 saturated carbocycles. The molecule has 0 saturated heterocycles. The molecule has 1 aliphatic rings. The van der Waals surface area contributed by atoms with Gasteiger partial charge in [0.25, 0.3) is 5.91 Å². The Hall–Kier alpha value is -3.19. The van der Waals surface area contributed by atoms with E-state index in [9.17, 15) is 14.3 Å². The van der Waals surface area contributed by atoms with Crippen molar-refractivity contribution in [3.8, 4) is 5.75 Å². The molecule has 0 aliphatic carbocycles. The Morgan fingerprint density at radius 3 is 2.59 bits per heavy atom. The molecule has 0 bridgehead atoms. The van der Waals surface area contributed by atoms with E-state index in [0.717, 1.165) is 5.75 Å². The van der Waals surface area contributed by atoms with Crippen molar-refractivity contribution in [2.75, 3.05) is 11.5 Å². The molecule has 1 N–H and O–H groups in total. The lowest BCUT2D eigenvalue weighted by atomic mass is 10.1. The van der Waals surface area contributed by atoms with Gasteiger partial charge in [-0.15, -0.1) is 0 Å². The Morgan fingerprint density at radius 2 is 1.89 bits per heavy atom. The van der Waals surface area contributed by atoms with E-state index < -0.39 is 6.04 Å². The fourth-order valence-electron chi connectivity index (χ4n) is 3.17. The highest BCUT2D eigenvalue weighted by molar-refractivity contribution is 6.06. The molecular formula is C20H18FN3O3. The number of nitrogens with zero attached hydrogens (tertiary/aromatic N) is 3. The predicted octanol–water partition coefficient (Wildman–Crippen LogP) is 2.62. The van der Waals surface area contributed by atoms with Gasteiger partial charge in [0.1, 0.15) is 29.6 Å². The zero-order valence-corrected chi connectivity index (χ0v) is 14.5. The molecule has 2 aromatic carbocycles. The summed E-state index contributed by atoms with van der Waals surface area (Å²) in [5.41, 5.74) is 1.57. The molecule has 1 aromatic heterocycles. The summed E-state index contributed by atoms with van der Waals surface area (Å²) in [4.78, 5) is 14.5. The Labute approximate surface area is 155 Å². The monoisotopic (exact) mass is 367 g/mol. The molecule has 1 amide bonds. The van der Waals surface area contributed by atoms with Crippen molar-refractivity contribution in [2.45, 2.75) is 19.2 Å². The van der Waals surface area contributed by atoms with Gasteiger partial charge in [0.2, 0.25) is 0 Å². The summed E-state index contributed by atoms with van der Waals surface area (Å²) in [6.45, 7) is 0.357. The van der Waals surface area contributed by atoms with Crippen molar-refractivity contribution in [3.05, 3.63) is 77.9 Å². The number of hydrogen-bond donors (Lipinski definition) is 1. The Bertz CT molecular complexity index is 941. The van der Waals surface area contributed by atoms with E-state index in [4.69, 9.17) is 4.74 Å². The lowest BCUT2D eigenvalue weighted by molar-refractivity contribution is 0.0921. The third-order valence-corrected chi connectivity index (χ3v) is 4.46. The molecule has 27 heavy (non-hydrogen) atoms. The Kier molecular flexibility index (Phi) is 4.60. The number of carbonyl (C=O) groups is 1. The summed E-state index contributed by atoms with van der Waals surface area (Å²) in [5.74, 6) is 0.0514. The molecule has 2 heterocycles. The number of aliphatic hydroxyl groups is 1. The fraction of sp³-hybridized carbons (Fsp3) is 0.200. The van der Waals surface area contributed by atoms with Gasteiger partial charge >= 0.3 is 0 Å². The molecule has 3 aromatic rings. The highest BCUT2D eigenvalue weighted by Crippen LogP contribution is 2.26. The van der Waals surface area contributed by atoms with Gasteiger partial charge in [-0.1, -0.05) is 18.2 Å². The molecule has 0 unspecified atom stereocenters. The quantitative estimate of drug-likeness (QED) is 0.753. The first-order chi connectivity index (χ1) is 13.2. The van der Waals surface area contributed by atoms with E-state index in [0.29, 0.717) is 23.6 Å². The van der Waals surface area contributed by atoms with Gasteiger partial charge in [-0.3, -0.25) is 14.4 Å². The van der Waals surface area contributed by atoms with Crippen molar-refractivity contribution in [1.82, 2.24) is 9.78 Å². The van der Waals surface area contributed by atoms with Crippen LogP contribution in [0.15, 0.2) is 60.7 Å². The molecule has 7 heteroatoms. The van der Waals surface area contributed by atoms with Crippen LogP contribution >= 0.6 is 0 Å². The van der Waals surface area contributed by atoms with Crippen molar-refractivity contribution in [2.24, 2.45) is 0 Å². The summed E-state index contributed by atoms with van der Waals surface area (Å²) < 4.78 is 20.5. The Morgan fingerprint density at radius 1 is 1.15 bits per heavy atom. The van der Waals surface area contributed by atoms with Crippen LogP contribution in [0.5, 0.6) is 5.75 Å². The number of aliphatic hydroxyl groups excluding tert-OH is 1. The van der Waals surface area contributed by atoms with E-state index in [1.807, 2.05) is 30.3 Å². The minimum Gasteiger partial charge on any atom is -0.487 e. The van der Waals surface area contributed by atoms with Gasteiger partial charge in [0.05, 0.1) is 19.2 Å². The van der Waals surface area contributed by atoms with Crippen molar-refractivity contribution < 1.29 is 19.0 Å². The SMILES string of the molecule is O=C1c2cc(COc3ccccc3)nn2C[C@@H](CO)N1c1ccc(F)cc1. The predicted molar refractivity (Wildman–Crippen MR) is 97.1 cm³/mol. The smallest absolute Gasteiger partial charge is 0.276 e. The van der Waals surface area contributed by atoms with Crippen molar-refractivity contribution in [1.29, 1.82) is 0 Å². The van der Waals surface area contributed by atoms with Crippen LogP contribution in [0, 0.1) is 5.82 Å². The molecular weight excluding hydrogens is 349 g/mol. The third kappa shape index (κ3) is 3.41. The van der Waals surface area contributed by atoms with E-state index >= 15 is 0 Å². The number of hydrogen-bond acceptors (Lipinski definition) is 4. The van der Waals surface area contributed by atoms with Gasteiger partial charge in [-0.25, -0.2) is 4.39 Å². The highest BCUT2D eigenvalue weighted by Gasteiger charge is 2.34. The number of ether oxygens (including phenoxy) is 1. The number of rotatable bonds is 5. The van der Waals surface area contributed by atoms with Crippen molar-refractivity contribution >= 4 is 11.6 Å². The summed E-state index contributed by atoms with van der Waals surface area (Å²) in [6.07, 6.45) is 0. The number of halogens is 1. The Balaban J connectivity index is 1.58. The highest BCUT2D eigenvalue weighted by atomic mass is 19.1. The summed E-state index contributed by atoms with van der Waals surface area (Å²) >= 11 is 0. The van der Waals surface area contributed by atoms with Crippen LogP contribution in [0.4, 0.5) is 10.1 Å². The second-order valence-electron chi connectivity index (χ2n) is 6.29. The molecule has 1 atom stereocenters. The normalized spacial score (nSPS) is 16.3. The number of fused-ring (bicyclic) bond motifs is 1. The van der Waals surface area contributed by atoms with Crippen LogP contribution in [0.2, 0.25) is 0 Å². The second kappa shape index (κ2) is 7.20. The summed E-state index contributed by atoms with van der Waals surface area (Å²) in [6, 6.07) is 16.2. The fourth-order valence-corrected chi connectivity index (χ4v) is 3.17. The van der Waals surface area contributed by atoms with Crippen LogP contribution in [0.3, 0.4) is 0 Å². The molecule has 4 rings (SSSR count). The second-order valence-corrected chi connectivity index (χ2v) is 6.29. The van der Waals surface area contributed by atoms with E-state index in [2.05, 4.69) is 5.10 Å². The van der Waals surface area contributed by atoms with E-state index in [1.54, 1.807) is 10.7 Å². The summed E-state index contributed by atoms with van der Waals surface area (Å²) in [7, 11) is 0. The number of amides is 1. The number of benzene rings is 2.